The van der Waals surface area contributed by atoms with Crippen LogP contribution in [-0.2, 0) is 6.54 Å². The number of rotatable bonds is 5. The van der Waals surface area contributed by atoms with E-state index in [-0.39, 0.29) is 4.83 Å². The highest BCUT2D eigenvalue weighted by atomic mass is 79.9. The molecule has 2 aromatic heterocycles. The number of alkyl halides is 1. The molecule has 3 rings (SSSR count). The van der Waals surface area contributed by atoms with E-state index in [1.165, 1.54) is 0 Å². The van der Waals surface area contributed by atoms with Gasteiger partial charge >= 0.3 is 0 Å². The van der Waals surface area contributed by atoms with Crippen molar-refractivity contribution < 1.29 is 4.52 Å². The molecule has 6 nitrogen and oxygen atoms in total. The zero-order chi connectivity index (χ0) is 14.7. The van der Waals surface area contributed by atoms with E-state index in [4.69, 9.17) is 4.52 Å². The van der Waals surface area contributed by atoms with Crippen molar-refractivity contribution in [3.05, 3.63) is 48.1 Å². The van der Waals surface area contributed by atoms with E-state index in [2.05, 4.69) is 43.3 Å². The molecule has 108 valence electrons. The van der Waals surface area contributed by atoms with Crippen molar-refractivity contribution in [3.8, 4) is 11.4 Å². The third kappa shape index (κ3) is 3.18. The van der Waals surface area contributed by atoms with E-state index >= 15 is 0 Å². The van der Waals surface area contributed by atoms with Crippen LogP contribution in [-0.4, -0.2) is 25.1 Å². The summed E-state index contributed by atoms with van der Waals surface area (Å²) in [5, 5.41) is 12.2. The predicted molar refractivity (Wildman–Crippen MR) is 80.8 cm³/mol. The summed E-state index contributed by atoms with van der Waals surface area (Å²) in [5.41, 5.74) is 1.83. The van der Waals surface area contributed by atoms with E-state index in [9.17, 15) is 0 Å². The molecule has 0 radical (unpaired) electrons. The lowest BCUT2D eigenvalue weighted by molar-refractivity contribution is 0.364. The Morgan fingerprint density at radius 3 is 2.86 bits per heavy atom. The smallest absolute Gasteiger partial charge is 0.248 e. The van der Waals surface area contributed by atoms with Crippen LogP contribution < -0.4 is 0 Å². The topological polar surface area (TPSA) is 69.6 Å². The molecule has 0 saturated carbocycles. The number of nitrogens with zero attached hydrogens (tertiary/aromatic N) is 5. The Morgan fingerprint density at radius 2 is 2.10 bits per heavy atom. The van der Waals surface area contributed by atoms with Crippen LogP contribution in [0, 0.1) is 0 Å². The molecule has 0 aliphatic carbocycles. The number of benzene rings is 1. The van der Waals surface area contributed by atoms with E-state index < -0.39 is 0 Å². The maximum Gasteiger partial charge on any atom is 0.248 e. The van der Waals surface area contributed by atoms with E-state index in [1.54, 1.807) is 4.68 Å². The summed E-state index contributed by atoms with van der Waals surface area (Å²) in [6, 6.07) is 9.72. The minimum atomic E-state index is 0.216. The Labute approximate surface area is 130 Å². The Balaban J connectivity index is 1.74. The van der Waals surface area contributed by atoms with Gasteiger partial charge in [0.25, 0.3) is 0 Å². The van der Waals surface area contributed by atoms with Crippen LogP contribution in [0.2, 0.25) is 0 Å². The molecule has 1 aromatic carbocycles. The van der Waals surface area contributed by atoms with Gasteiger partial charge in [-0.1, -0.05) is 63.6 Å². The molecule has 0 bridgehead atoms. The summed E-state index contributed by atoms with van der Waals surface area (Å²) < 4.78 is 6.95. The second-order valence-electron chi connectivity index (χ2n) is 4.59. The number of hydrogen-bond acceptors (Lipinski definition) is 5. The molecule has 3 aromatic rings. The summed E-state index contributed by atoms with van der Waals surface area (Å²) >= 11 is 3.55. The molecule has 7 heteroatoms. The summed E-state index contributed by atoms with van der Waals surface area (Å²) in [5.74, 6) is 1.09. The molecule has 0 saturated heterocycles. The second kappa shape index (κ2) is 6.17. The van der Waals surface area contributed by atoms with E-state index in [1.807, 2.05) is 36.5 Å². The maximum absolute atomic E-state index is 5.26. The summed E-state index contributed by atoms with van der Waals surface area (Å²) in [4.78, 5) is 4.59. The molecule has 0 aliphatic rings. The quantitative estimate of drug-likeness (QED) is 0.662. The first-order valence-corrected chi connectivity index (χ1v) is 7.60. The minimum absolute atomic E-state index is 0.216. The third-order valence-electron chi connectivity index (χ3n) is 3.03. The van der Waals surface area contributed by atoms with Crippen molar-refractivity contribution in [2.75, 3.05) is 0 Å². The molecule has 0 fully saturated rings. The predicted octanol–water partition coefficient (Wildman–Crippen LogP) is 3.22. The molecule has 1 unspecified atom stereocenters. The van der Waals surface area contributed by atoms with Gasteiger partial charge in [0.1, 0.15) is 6.54 Å². The van der Waals surface area contributed by atoms with Crippen LogP contribution in [0.25, 0.3) is 11.4 Å². The average molecular weight is 348 g/mol. The van der Waals surface area contributed by atoms with Gasteiger partial charge in [-0.05, 0) is 6.42 Å². The highest BCUT2D eigenvalue weighted by Gasteiger charge is 2.12. The Hall–Kier alpha value is -2.02. The molecular formula is C14H14BrN5O. The van der Waals surface area contributed by atoms with Crippen molar-refractivity contribution in [2.24, 2.45) is 0 Å². The molecule has 0 spiro atoms. The SMILES string of the molecule is CCC(Br)c1cn(Cc2nc(-c3ccccc3)no2)nn1. The average Bonchev–Trinajstić information content (AvgIpc) is 3.17. The van der Waals surface area contributed by atoms with Crippen LogP contribution in [0.1, 0.15) is 29.8 Å². The fourth-order valence-corrected chi connectivity index (χ4v) is 2.12. The first-order valence-electron chi connectivity index (χ1n) is 6.68. The standard InChI is InChI=1S/C14H14BrN5O/c1-2-11(15)12-8-20(19-17-12)9-13-16-14(18-21-13)10-6-4-3-5-7-10/h3-8,11H,2,9H2,1H3. The van der Waals surface area contributed by atoms with Crippen LogP contribution in [0.4, 0.5) is 0 Å². The summed E-state index contributed by atoms with van der Waals surface area (Å²) in [6.07, 6.45) is 2.84. The van der Waals surface area contributed by atoms with Crippen molar-refractivity contribution in [2.45, 2.75) is 24.7 Å². The van der Waals surface area contributed by atoms with Gasteiger partial charge in [-0.25, -0.2) is 4.68 Å². The van der Waals surface area contributed by atoms with Gasteiger partial charge in [0.05, 0.1) is 16.7 Å². The lowest BCUT2D eigenvalue weighted by Crippen LogP contribution is -2.00. The van der Waals surface area contributed by atoms with Gasteiger partial charge in [-0.3, -0.25) is 0 Å². The Kier molecular flexibility index (Phi) is 4.10. The van der Waals surface area contributed by atoms with E-state index in [0.29, 0.717) is 18.3 Å². The number of aromatic nitrogens is 5. The van der Waals surface area contributed by atoms with Crippen LogP contribution in [0.5, 0.6) is 0 Å². The van der Waals surface area contributed by atoms with Crippen molar-refractivity contribution >= 4 is 15.9 Å². The molecule has 2 heterocycles. The fraction of sp³-hybridized carbons (Fsp3) is 0.286. The van der Waals surface area contributed by atoms with Gasteiger partial charge in [0.2, 0.25) is 11.7 Å². The molecule has 0 N–H and O–H groups in total. The van der Waals surface area contributed by atoms with E-state index in [0.717, 1.165) is 17.7 Å². The highest BCUT2D eigenvalue weighted by Crippen LogP contribution is 2.23. The molecule has 0 aliphatic heterocycles. The molecule has 0 amide bonds. The number of halogens is 1. The zero-order valence-corrected chi connectivity index (χ0v) is 13.1. The molecular weight excluding hydrogens is 334 g/mol. The molecule has 21 heavy (non-hydrogen) atoms. The van der Waals surface area contributed by atoms with Gasteiger partial charge < -0.3 is 4.52 Å². The number of hydrogen-bond donors (Lipinski definition) is 0. The lowest BCUT2D eigenvalue weighted by atomic mass is 10.2. The Morgan fingerprint density at radius 1 is 1.29 bits per heavy atom. The zero-order valence-electron chi connectivity index (χ0n) is 11.5. The van der Waals surface area contributed by atoms with Gasteiger partial charge in [0.15, 0.2) is 0 Å². The fourth-order valence-electron chi connectivity index (χ4n) is 1.91. The Bertz CT molecular complexity index is 709. The monoisotopic (exact) mass is 347 g/mol. The van der Waals surface area contributed by atoms with Gasteiger partial charge in [-0.2, -0.15) is 4.98 Å². The third-order valence-corrected chi connectivity index (χ3v) is 4.15. The van der Waals surface area contributed by atoms with Crippen molar-refractivity contribution in [3.63, 3.8) is 0 Å². The summed E-state index contributed by atoms with van der Waals surface area (Å²) in [7, 11) is 0. The highest BCUT2D eigenvalue weighted by molar-refractivity contribution is 9.09. The molecule has 1 atom stereocenters. The van der Waals surface area contributed by atoms with Crippen LogP contribution in [0.3, 0.4) is 0 Å². The summed E-state index contributed by atoms with van der Waals surface area (Å²) in [6.45, 7) is 2.50. The van der Waals surface area contributed by atoms with Crippen LogP contribution in [0.15, 0.2) is 41.1 Å². The normalized spacial score (nSPS) is 12.5. The van der Waals surface area contributed by atoms with Crippen LogP contribution >= 0.6 is 15.9 Å². The first kappa shape index (κ1) is 13.9. The van der Waals surface area contributed by atoms with Gasteiger partial charge in [-0.15, -0.1) is 5.10 Å². The lowest BCUT2D eigenvalue weighted by Gasteiger charge is -1.98. The van der Waals surface area contributed by atoms with Crippen molar-refractivity contribution in [1.29, 1.82) is 0 Å². The van der Waals surface area contributed by atoms with Gasteiger partial charge in [0, 0.05) is 5.56 Å². The first-order chi connectivity index (χ1) is 10.3. The minimum Gasteiger partial charge on any atom is -0.337 e. The van der Waals surface area contributed by atoms with Crippen molar-refractivity contribution in [1.82, 2.24) is 25.1 Å². The maximum atomic E-state index is 5.26. The largest absolute Gasteiger partial charge is 0.337 e. The second-order valence-corrected chi connectivity index (χ2v) is 5.70.